The van der Waals surface area contributed by atoms with E-state index in [2.05, 4.69) is 15.5 Å². The summed E-state index contributed by atoms with van der Waals surface area (Å²) in [6.07, 6.45) is 1.56. The molecule has 2 atom stereocenters. The van der Waals surface area contributed by atoms with Gasteiger partial charge in [-0.25, -0.2) is 0 Å². The maximum atomic E-state index is 12.8. The van der Waals surface area contributed by atoms with Crippen LogP contribution in [0.15, 0.2) is 18.2 Å². The lowest BCUT2D eigenvalue weighted by molar-refractivity contribution is -0.126. The molecule has 0 bridgehead atoms. The summed E-state index contributed by atoms with van der Waals surface area (Å²) in [4.78, 5) is 35.3. The molecule has 1 aromatic carbocycles. The molecule has 0 spiro atoms. The highest BCUT2D eigenvalue weighted by atomic mass is 32.2. The molecule has 0 aromatic heterocycles. The van der Waals surface area contributed by atoms with Crippen LogP contribution in [0, 0.1) is 5.92 Å². The van der Waals surface area contributed by atoms with Crippen molar-refractivity contribution in [3.63, 3.8) is 0 Å². The van der Waals surface area contributed by atoms with Gasteiger partial charge in [-0.2, -0.15) is 11.8 Å². The van der Waals surface area contributed by atoms with Crippen LogP contribution < -0.4 is 20.1 Å². The molecular weight excluding hydrogens is 434 g/mol. The fourth-order valence-corrected chi connectivity index (χ4v) is 3.98. The number of nitrogens with one attached hydrogen (secondary N) is 2. The summed E-state index contributed by atoms with van der Waals surface area (Å²) in [5.41, 5.74) is 0.926. The molecule has 0 radical (unpaired) electrons. The monoisotopic (exact) mass is 469 g/mol. The van der Waals surface area contributed by atoms with Crippen LogP contribution >= 0.6 is 11.8 Å². The maximum absolute atomic E-state index is 12.8. The van der Waals surface area contributed by atoms with Crippen molar-refractivity contribution in [1.82, 2.24) is 15.5 Å². The van der Waals surface area contributed by atoms with Crippen molar-refractivity contribution in [3.05, 3.63) is 23.8 Å². The molecule has 1 fully saturated rings. The number of ether oxygens (including phenoxy) is 2. The van der Waals surface area contributed by atoms with Gasteiger partial charge in [0.05, 0.1) is 25.9 Å². The summed E-state index contributed by atoms with van der Waals surface area (Å²) in [5.74, 6) is 2.83. The van der Waals surface area contributed by atoms with E-state index in [1.807, 2.05) is 26.1 Å². The first-order chi connectivity index (χ1) is 15.4. The Balaban J connectivity index is 0.00000161. The zero-order valence-corrected chi connectivity index (χ0v) is 20.1. The van der Waals surface area contributed by atoms with Crippen LogP contribution in [0.3, 0.4) is 0 Å². The molecule has 10 heteroatoms. The van der Waals surface area contributed by atoms with E-state index in [-0.39, 0.29) is 30.2 Å². The Kier molecular flexibility index (Phi) is 13.2. The van der Waals surface area contributed by atoms with Gasteiger partial charge >= 0.3 is 0 Å². The molecule has 1 aromatic rings. The molecule has 9 nitrogen and oxygen atoms in total. The van der Waals surface area contributed by atoms with Gasteiger partial charge in [0, 0.05) is 31.7 Å². The van der Waals surface area contributed by atoms with Gasteiger partial charge in [0.2, 0.25) is 11.8 Å². The van der Waals surface area contributed by atoms with Gasteiger partial charge in [-0.1, -0.05) is 6.92 Å². The summed E-state index contributed by atoms with van der Waals surface area (Å²) < 4.78 is 10.6. The third kappa shape index (κ3) is 10.2. The minimum Gasteiger partial charge on any atom is -0.497 e. The summed E-state index contributed by atoms with van der Waals surface area (Å²) in [7, 11) is 5.21. The fraction of sp³-hybridized carbons (Fsp3) is 0.591. The van der Waals surface area contributed by atoms with Gasteiger partial charge in [-0.05, 0) is 43.3 Å². The Morgan fingerprint density at radius 2 is 1.81 bits per heavy atom. The van der Waals surface area contributed by atoms with Crippen molar-refractivity contribution in [2.45, 2.75) is 32.4 Å². The zero-order valence-electron chi connectivity index (χ0n) is 19.3. The number of nitrogens with zero attached hydrogens (tertiary/aromatic N) is 1. The molecular formula is C22H35N3O6S. The predicted octanol–water partition coefficient (Wildman–Crippen LogP) is 1.60. The highest BCUT2D eigenvalue weighted by Crippen LogP contribution is 2.23. The van der Waals surface area contributed by atoms with E-state index in [0.29, 0.717) is 30.3 Å². The van der Waals surface area contributed by atoms with Gasteiger partial charge in [0.25, 0.3) is 6.47 Å². The Bertz CT molecular complexity index is 711. The van der Waals surface area contributed by atoms with E-state index in [9.17, 15) is 9.59 Å². The molecule has 0 unspecified atom stereocenters. The van der Waals surface area contributed by atoms with Crippen LogP contribution in [-0.2, 0) is 20.9 Å². The number of carbonyl (C=O) groups is 3. The summed E-state index contributed by atoms with van der Waals surface area (Å²) in [6.45, 7) is 3.66. The first-order valence-corrected chi connectivity index (χ1v) is 11.6. The number of amides is 2. The first kappa shape index (κ1) is 27.6. The highest BCUT2D eigenvalue weighted by Gasteiger charge is 2.27. The number of carbonyl (C=O) groups excluding carboxylic acids is 2. The molecule has 2 amide bonds. The van der Waals surface area contributed by atoms with Crippen LogP contribution in [0.25, 0.3) is 0 Å². The highest BCUT2D eigenvalue weighted by molar-refractivity contribution is 7.99. The van der Waals surface area contributed by atoms with Crippen molar-refractivity contribution in [2.24, 2.45) is 5.92 Å². The van der Waals surface area contributed by atoms with E-state index in [0.717, 1.165) is 30.7 Å². The number of likely N-dealkylation sites (N-methyl/N-ethyl adjacent to an activating group) is 1. The number of benzene rings is 1. The third-order valence-electron chi connectivity index (χ3n) is 4.98. The van der Waals surface area contributed by atoms with Gasteiger partial charge < -0.3 is 30.1 Å². The second-order valence-corrected chi connectivity index (χ2v) is 8.72. The number of hydrogen-bond acceptors (Lipinski definition) is 7. The van der Waals surface area contributed by atoms with Crippen molar-refractivity contribution < 1.29 is 29.0 Å². The molecule has 0 aliphatic carbocycles. The van der Waals surface area contributed by atoms with Gasteiger partial charge in [-0.3, -0.25) is 14.4 Å². The second kappa shape index (κ2) is 15.4. The number of likely N-dealkylation sites (tertiary alicyclic amines) is 1. The van der Waals surface area contributed by atoms with Crippen LogP contribution in [-0.4, -0.2) is 80.2 Å². The average Bonchev–Trinajstić information content (AvgIpc) is 2.97. The molecule has 1 aliphatic rings. The number of thioether (sulfide) groups is 1. The van der Waals surface area contributed by atoms with Gasteiger partial charge in [0.15, 0.2) is 0 Å². The van der Waals surface area contributed by atoms with Gasteiger partial charge in [0.1, 0.15) is 11.5 Å². The number of methoxy groups -OCH3 is 2. The quantitative estimate of drug-likeness (QED) is 0.467. The predicted molar refractivity (Wildman–Crippen MR) is 125 cm³/mol. The van der Waals surface area contributed by atoms with Crippen LogP contribution in [0.1, 0.15) is 25.3 Å². The smallest absolute Gasteiger partial charge is 0.290 e. The summed E-state index contributed by atoms with van der Waals surface area (Å²) in [5, 5.41) is 13.0. The largest absolute Gasteiger partial charge is 0.497 e. The zero-order chi connectivity index (χ0) is 23.9. The lowest BCUT2D eigenvalue weighted by atomic mass is 10.0. The topological polar surface area (TPSA) is 117 Å². The Hall–Kier alpha value is -2.46. The fourth-order valence-electron chi connectivity index (χ4n) is 3.51. The van der Waals surface area contributed by atoms with E-state index < -0.39 is 0 Å². The number of rotatable bonds is 9. The molecule has 0 saturated carbocycles. The Morgan fingerprint density at radius 1 is 1.19 bits per heavy atom. The van der Waals surface area contributed by atoms with E-state index in [1.54, 1.807) is 32.0 Å². The number of hydrogen-bond donors (Lipinski definition) is 3. The minimum atomic E-state index is -0.250. The van der Waals surface area contributed by atoms with E-state index in [4.69, 9.17) is 19.4 Å². The normalized spacial score (nSPS) is 18.4. The second-order valence-electron chi connectivity index (χ2n) is 7.44. The lowest BCUT2D eigenvalue weighted by Gasteiger charge is -2.22. The van der Waals surface area contributed by atoms with Crippen molar-refractivity contribution in [3.8, 4) is 11.5 Å². The first-order valence-electron chi connectivity index (χ1n) is 10.5. The molecule has 2 rings (SSSR count). The van der Waals surface area contributed by atoms with E-state index >= 15 is 0 Å². The molecule has 32 heavy (non-hydrogen) atoms. The number of carboxylic acid groups (broad SMARTS) is 1. The molecule has 180 valence electrons. The standard InChI is InChI=1S/C21H33N3O4S.CH2O2/c1-5-29-14-20(25)23-17-7-6-16(12-24(2)13-17)21(26)22-11-15-8-18(27-3)10-19(9-15)28-4;2-1-3/h8-10,16-17H,5-7,11-14H2,1-4H3,(H,22,26)(H,23,25);1H,(H,2,3)/t16-,17+;/m1./s1. The maximum Gasteiger partial charge on any atom is 0.290 e. The molecule has 1 saturated heterocycles. The van der Waals surface area contributed by atoms with Crippen LogP contribution in [0.5, 0.6) is 11.5 Å². The SMILES string of the molecule is CCSCC(=O)N[C@H]1CC[C@@H](C(=O)NCc2cc(OC)cc(OC)c2)CN(C)C1.O=CO. The minimum absolute atomic E-state index is 0.0344. The average molecular weight is 470 g/mol. The van der Waals surface area contributed by atoms with Gasteiger partial charge in [-0.15, -0.1) is 0 Å². The van der Waals surface area contributed by atoms with Crippen molar-refractivity contribution in [2.75, 3.05) is 45.9 Å². The molecule has 1 heterocycles. The van der Waals surface area contributed by atoms with Crippen molar-refractivity contribution in [1.29, 1.82) is 0 Å². The third-order valence-corrected chi connectivity index (χ3v) is 5.85. The lowest BCUT2D eigenvalue weighted by Crippen LogP contribution is -2.42. The summed E-state index contributed by atoms with van der Waals surface area (Å²) in [6, 6.07) is 5.67. The molecule has 3 N–H and O–H groups in total. The Morgan fingerprint density at radius 3 is 2.38 bits per heavy atom. The Labute approximate surface area is 194 Å². The molecule has 1 aliphatic heterocycles. The van der Waals surface area contributed by atoms with E-state index in [1.165, 1.54) is 0 Å². The van der Waals surface area contributed by atoms with Crippen molar-refractivity contribution >= 4 is 30.0 Å². The summed E-state index contributed by atoms with van der Waals surface area (Å²) >= 11 is 1.62. The van der Waals surface area contributed by atoms with Crippen LogP contribution in [0.2, 0.25) is 0 Å². The van der Waals surface area contributed by atoms with Crippen LogP contribution in [0.4, 0.5) is 0 Å².